The molecule has 0 N–H and O–H groups in total. The van der Waals surface area contributed by atoms with Crippen LogP contribution in [-0.2, 0) is 10.8 Å². The third kappa shape index (κ3) is 4.97. The molecule has 4 nitrogen and oxygen atoms in total. The summed E-state index contributed by atoms with van der Waals surface area (Å²) in [5, 5.41) is 10.7. The van der Waals surface area contributed by atoms with E-state index < -0.39 is 0 Å². The molecule has 1 aromatic heterocycles. The number of nitriles is 1. The molecule has 8 aromatic rings. The molecule has 0 saturated carbocycles. The average Bonchev–Trinajstić information content (AvgIpc) is 3.61. The molecule has 0 radical (unpaired) electrons. The molecule has 1 heterocycles. The SMILES string of the molecule is [C-]#[N+]c1cccc(-c2nc(-c3cccc(C#N)c3)nc3c(-c4ccc5c(c4)C(C)(C)c4ccccc4-5)cc(-c4ccc5c(c4)C(C)(C)c4ccccc4-5)cc23)c1. The molecule has 0 saturated heterocycles. The highest BCUT2D eigenvalue weighted by Crippen LogP contribution is 2.52. The standard InChI is InChI=1S/C52H36N4/c1-51(2)44-18-8-6-16-38(44)40-22-20-32(28-46(40)51)36-26-42(33-21-23-41-39-17-7-9-19-45(39)52(3,4)47(41)29-33)49-43(27-36)48(34-13-11-15-37(25-34)54-5)55-50(56-49)35-14-10-12-31(24-35)30-53/h6-29H,1-4H3. The van der Waals surface area contributed by atoms with Crippen molar-refractivity contribution >= 4 is 16.6 Å². The number of nitrogens with zero attached hydrogens (tertiary/aromatic N) is 4. The fourth-order valence-corrected chi connectivity index (χ4v) is 9.17. The Morgan fingerprint density at radius 3 is 1.79 bits per heavy atom. The smallest absolute Gasteiger partial charge is 0.187 e. The largest absolute Gasteiger partial charge is 0.238 e. The van der Waals surface area contributed by atoms with Crippen molar-refractivity contribution in [1.29, 1.82) is 5.26 Å². The lowest BCUT2D eigenvalue weighted by atomic mass is 9.81. The summed E-state index contributed by atoms with van der Waals surface area (Å²) >= 11 is 0. The van der Waals surface area contributed by atoms with Crippen LogP contribution in [0.3, 0.4) is 0 Å². The van der Waals surface area contributed by atoms with E-state index in [1.165, 1.54) is 44.5 Å². The molecule has 0 bridgehead atoms. The molecule has 0 atom stereocenters. The summed E-state index contributed by atoms with van der Waals surface area (Å²) in [5.74, 6) is 0.526. The molecule has 2 aliphatic rings. The molecule has 4 heteroatoms. The van der Waals surface area contributed by atoms with Crippen LogP contribution >= 0.6 is 0 Å². The number of fused-ring (bicyclic) bond motifs is 7. The number of hydrogen-bond acceptors (Lipinski definition) is 3. The molecule has 0 spiro atoms. The van der Waals surface area contributed by atoms with Crippen LogP contribution < -0.4 is 0 Å². The van der Waals surface area contributed by atoms with E-state index in [9.17, 15) is 5.26 Å². The van der Waals surface area contributed by atoms with Gasteiger partial charge in [0.1, 0.15) is 0 Å². The summed E-state index contributed by atoms with van der Waals surface area (Å²) in [4.78, 5) is 14.4. The second-order valence-electron chi connectivity index (χ2n) is 16.0. The van der Waals surface area contributed by atoms with E-state index >= 15 is 0 Å². The first kappa shape index (κ1) is 33.4. The van der Waals surface area contributed by atoms with Gasteiger partial charge in [0.05, 0.1) is 29.4 Å². The topological polar surface area (TPSA) is 53.9 Å². The Bertz CT molecular complexity index is 3060. The van der Waals surface area contributed by atoms with E-state index in [1.807, 2.05) is 42.5 Å². The van der Waals surface area contributed by atoms with Crippen molar-refractivity contribution in [2.24, 2.45) is 0 Å². The molecule has 0 aliphatic heterocycles. The van der Waals surface area contributed by atoms with Crippen molar-refractivity contribution in [2.45, 2.75) is 38.5 Å². The minimum atomic E-state index is -0.181. The predicted octanol–water partition coefficient (Wildman–Crippen LogP) is 13.3. The van der Waals surface area contributed by atoms with Gasteiger partial charge < -0.3 is 0 Å². The second-order valence-corrected chi connectivity index (χ2v) is 16.0. The lowest BCUT2D eigenvalue weighted by Crippen LogP contribution is -2.15. The highest BCUT2D eigenvalue weighted by atomic mass is 14.9. The molecule has 56 heavy (non-hydrogen) atoms. The summed E-state index contributed by atoms with van der Waals surface area (Å²) in [6.45, 7) is 17.1. The molecule has 0 amide bonds. The van der Waals surface area contributed by atoms with Gasteiger partial charge in [-0.1, -0.05) is 131 Å². The Morgan fingerprint density at radius 2 is 1.11 bits per heavy atom. The first-order valence-electron chi connectivity index (χ1n) is 19.0. The zero-order valence-corrected chi connectivity index (χ0v) is 31.6. The van der Waals surface area contributed by atoms with Crippen LogP contribution in [0.1, 0.15) is 55.5 Å². The Kier molecular flexibility index (Phi) is 7.28. The van der Waals surface area contributed by atoms with Gasteiger partial charge in [0.25, 0.3) is 0 Å². The van der Waals surface area contributed by atoms with Gasteiger partial charge in [0, 0.05) is 27.3 Å². The van der Waals surface area contributed by atoms with Gasteiger partial charge in [0.2, 0.25) is 0 Å². The van der Waals surface area contributed by atoms with Crippen molar-refractivity contribution < 1.29 is 0 Å². The molecule has 2 aliphatic carbocycles. The predicted molar refractivity (Wildman–Crippen MR) is 227 cm³/mol. The summed E-state index contributed by atoms with van der Waals surface area (Å²) in [5.41, 5.74) is 18.5. The monoisotopic (exact) mass is 716 g/mol. The molecular formula is C52H36N4. The Hall–Kier alpha value is -7.14. The van der Waals surface area contributed by atoms with Gasteiger partial charge >= 0.3 is 0 Å². The van der Waals surface area contributed by atoms with E-state index in [4.69, 9.17) is 16.5 Å². The van der Waals surface area contributed by atoms with Gasteiger partial charge in [-0.3, -0.25) is 0 Å². The van der Waals surface area contributed by atoms with Crippen LogP contribution in [0.5, 0.6) is 0 Å². The van der Waals surface area contributed by atoms with Crippen molar-refractivity contribution in [3.05, 3.63) is 185 Å². The average molecular weight is 717 g/mol. The maximum Gasteiger partial charge on any atom is 0.187 e. The summed E-state index contributed by atoms with van der Waals surface area (Å²) in [6, 6.07) is 53.1. The number of aromatic nitrogens is 2. The van der Waals surface area contributed by atoms with Gasteiger partial charge in [-0.15, -0.1) is 0 Å². The fraction of sp³-hybridized carbons (Fsp3) is 0.115. The lowest BCUT2D eigenvalue weighted by Gasteiger charge is -2.23. The Labute approximate surface area is 327 Å². The van der Waals surface area contributed by atoms with Gasteiger partial charge in [-0.2, -0.15) is 5.26 Å². The highest BCUT2D eigenvalue weighted by Gasteiger charge is 2.37. The van der Waals surface area contributed by atoms with E-state index in [0.717, 1.165) is 50.0 Å². The second kappa shape index (κ2) is 12.2. The molecular weight excluding hydrogens is 681 g/mol. The van der Waals surface area contributed by atoms with Gasteiger partial charge in [-0.25, -0.2) is 14.8 Å². The van der Waals surface area contributed by atoms with Crippen molar-refractivity contribution in [1.82, 2.24) is 9.97 Å². The molecule has 10 rings (SSSR count). The summed E-state index contributed by atoms with van der Waals surface area (Å²) in [7, 11) is 0. The van der Waals surface area contributed by atoms with E-state index in [2.05, 4.69) is 136 Å². The van der Waals surface area contributed by atoms with E-state index in [1.54, 1.807) is 6.07 Å². The van der Waals surface area contributed by atoms with Gasteiger partial charge in [0.15, 0.2) is 11.5 Å². The fourth-order valence-electron chi connectivity index (χ4n) is 9.17. The molecule has 264 valence electrons. The third-order valence-electron chi connectivity index (χ3n) is 12.1. The Balaban J connectivity index is 1.28. The van der Waals surface area contributed by atoms with Crippen LogP contribution in [0.2, 0.25) is 0 Å². The van der Waals surface area contributed by atoms with Crippen LogP contribution in [0.25, 0.3) is 82.9 Å². The normalized spacial score (nSPS) is 14.0. The maximum absolute atomic E-state index is 9.81. The first-order valence-corrected chi connectivity index (χ1v) is 19.0. The minimum Gasteiger partial charge on any atom is -0.238 e. The van der Waals surface area contributed by atoms with Crippen molar-refractivity contribution in [3.8, 4) is 73.2 Å². The quantitative estimate of drug-likeness (QED) is 0.170. The Morgan fingerprint density at radius 1 is 0.500 bits per heavy atom. The zero-order chi connectivity index (χ0) is 38.3. The summed E-state index contributed by atoms with van der Waals surface area (Å²) in [6.07, 6.45) is 0. The van der Waals surface area contributed by atoms with E-state index in [0.29, 0.717) is 17.1 Å². The maximum atomic E-state index is 9.81. The molecule has 0 unspecified atom stereocenters. The first-order chi connectivity index (χ1) is 27.1. The van der Waals surface area contributed by atoms with Crippen LogP contribution in [0.4, 0.5) is 5.69 Å². The lowest BCUT2D eigenvalue weighted by molar-refractivity contribution is 0.660. The van der Waals surface area contributed by atoms with E-state index in [-0.39, 0.29) is 10.8 Å². The summed E-state index contributed by atoms with van der Waals surface area (Å²) < 4.78 is 0. The van der Waals surface area contributed by atoms with Crippen LogP contribution in [0, 0.1) is 17.9 Å². The van der Waals surface area contributed by atoms with Crippen molar-refractivity contribution in [3.63, 3.8) is 0 Å². The number of hydrogen-bond donors (Lipinski definition) is 0. The zero-order valence-electron chi connectivity index (χ0n) is 31.6. The number of benzene rings is 7. The van der Waals surface area contributed by atoms with Crippen LogP contribution in [-0.4, -0.2) is 9.97 Å². The number of rotatable bonds is 4. The molecule has 7 aromatic carbocycles. The highest BCUT2D eigenvalue weighted by molar-refractivity contribution is 6.05. The van der Waals surface area contributed by atoms with Crippen molar-refractivity contribution in [2.75, 3.05) is 0 Å². The van der Waals surface area contributed by atoms with Crippen LogP contribution in [0.15, 0.2) is 146 Å². The molecule has 0 fully saturated rings. The minimum absolute atomic E-state index is 0.149. The van der Waals surface area contributed by atoms with Gasteiger partial charge in [-0.05, 0) is 109 Å². The third-order valence-corrected chi connectivity index (χ3v) is 12.1.